The van der Waals surface area contributed by atoms with Crippen LogP contribution in [0.4, 0.5) is 0 Å². The molecule has 11 heteroatoms. The SMILES string of the molecule is COc1nc(C(=N)NOC(C)C(=O)c2nn(C)c3ccc(Cl)cc23)ccc1-n1cnc(C)c1. The average molecular weight is 468 g/mol. The van der Waals surface area contributed by atoms with E-state index in [1.165, 1.54) is 7.11 Å². The van der Waals surface area contributed by atoms with Gasteiger partial charge < -0.3 is 9.30 Å². The number of imidazole rings is 1. The Morgan fingerprint density at radius 3 is 2.76 bits per heavy atom. The number of ether oxygens (including phenoxy) is 1. The van der Waals surface area contributed by atoms with Crippen molar-refractivity contribution in [3.05, 3.63) is 65.0 Å². The van der Waals surface area contributed by atoms with Gasteiger partial charge in [-0.1, -0.05) is 11.6 Å². The fourth-order valence-electron chi connectivity index (χ4n) is 3.34. The van der Waals surface area contributed by atoms with Crippen LogP contribution in [0.15, 0.2) is 42.9 Å². The zero-order valence-electron chi connectivity index (χ0n) is 18.5. The lowest BCUT2D eigenvalue weighted by atomic mass is 10.1. The highest BCUT2D eigenvalue weighted by Gasteiger charge is 2.23. The number of rotatable bonds is 7. The Bertz CT molecular complexity index is 1360. The largest absolute Gasteiger partial charge is 0.479 e. The van der Waals surface area contributed by atoms with Gasteiger partial charge in [0.05, 0.1) is 24.6 Å². The number of hydrogen-bond acceptors (Lipinski definition) is 7. The molecule has 1 aromatic carbocycles. The molecule has 0 fully saturated rings. The standard InChI is InChI=1S/C22H22ClN7O3/c1-12-10-30(11-25-12)18-8-6-16(26-22(18)32-4)21(24)28-33-13(2)20(31)19-15-9-14(23)5-7-17(15)29(3)27-19/h5-11,13H,1-4H3,(H2,24,28). The van der Waals surface area contributed by atoms with Crippen LogP contribution in [0.5, 0.6) is 5.88 Å². The van der Waals surface area contributed by atoms with Gasteiger partial charge in [0.2, 0.25) is 11.7 Å². The minimum Gasteiger partial charge on any atom is -0.479 e. The van der Waals surface area contributed by atoms with Gasteiger partial charge in [0.15, 0.2) is 5.84 Å². The molecule has 2 N–H and O–H groups in total. The van der Waals surface area contributed by atoms with E-state index in [-0.39, 0.29) is 23.0 Å². The van der Waals surface area contributed by atoms with E-state index < -0.39 is 6.10 Å². The summed E-state index contributed by atoms with van der Waals surface area (Å²) >= 11 is 6.09. The van der Waals surface area contributed by atoms with Crippen LogP contribution in [0, 0.1) is 12.3 Å². The number of methoxy groups -OCH3 is 1. The van der Waals surface area contributed by atoms with E-state index in [4.69, 9.17) is 26.6 Å². The smallest absolute Gasteiger partial charge is 0.238 e. The van der Waals surface area contributed by atoms with Gasteiger partial charge in [-0.25, -0.2) is 15.4 Å². The van der Waals surface area contributed by atoms with E-state index in [1.54, 1.807) is 59.9 Å². The van der Waals surface area contributed by atoms with E-state index >= 15 is 0 Å². The van der Waals surface area contributed by atoms with Crippen LogP contribution in [0.2, 0.25) is 5.02 Å². The summed E-state index contributed by atoms with van der Waals surface area (Å²) in [4.78, 5) is 26.9. The minimum absolute atomic E-state index is 0.129. The van der Waals surface area contributed by atoms with E-state index in [2.05, 4.69) is 20.5 Å². The van der Waals surface area contributed by atoms with Crippen molar-refractivity contribution < 1.29 is 14.4 Å². The van der Waals surface area contributed by atoms with E-state index in [9.17, 15) is 4.79 Å². The predicted octanol–water partition coefficient (Wildman–Crippen LogP) is 3.24. The second-order valence-electron chi connectivity index (χ2n) is 7.38. The summed E-state index contributed by atoms with van der Waals surface area (Å²) in [6, 6.07) is 8.64. The monoisotopic (exact) mass is 467 g/mol. The molecule has 4 rings (SSSR count). The summed E-state index contributed by atoms with van der Waals surface area (Å²) in [6.07, 6.45) is 2.58. The number of benzene rings is 1. The Hall–Kier alpha value is -3.76. The Kier molecular flexibility index (Phi) is 6.12. The Morgan fingerprint density at radius 2 is 2.06 bits per heavy atom. The van der Waals surface area contributed by atoms with Gasteiger partial charge in [-0.15, -0.1) is 0 Å². The number of hydrogen-bond donors (Lipinski definition) is 2. The first-order valence-electron chi connectivity index (χ1n) is 10.0. The Balaban J connectivity index is 1.47. The molecular weight excluding hydrogens is 446 g/mol. The summed E-state index contributed by atoms with van der Waals surface area (Å²) in [6.45, 7) is 3.46. The predicted molar refractivity (Wildman–Crippen MR) is 123 cm³/mol. The van der Waals surface area contributed by atoms with Crippen LogP contribution in [0.25, 0.3) is 16.6 Å². The molecule has 0 saturated carbocycles. The van der Waals surface area contributed by atoms with Crippen molar-refractivity contribution in [2.24, 2.45) is 7.05 Å². The number of ketones is 1. The number of carbonyl (C=O) groups excluding carboxylic acids is 1. The second kappa shape index (κ2) is 9.00. The highest BCUT2D eigenvalue weighted by atomic mass is 35.5. The molecule has 10 nitrogen and oxygen atoms in total. The molecule has 3 heterocycles. The normalized spacial score (nSPS) is 12.0. The number of fused-ring (bicyclic) bond motifs is 1. The number of pyridine rings is 1. The lowest BCUT2D eigenvalue weighted by Gasteiger charge is -2.14. The topological polar surface area (TPSA) is 120 Å². The highest BCUT2D eigenvalue weighted by molar-refractivity contribution is 6.31. The zero-order valence-corrected chi connectivity index (χ0v) is 19.2. The summed E-state index contributed by atoms with van der Waals surface area (Å²) in [5, 5.41) is 13.7. The van der Waals surface area contributed by atoms with Crippen LogP contribution in [-0.4, -0.2) is 49.1 Å². The molecule has 0 saturated heterocycles. The van der Waals surface area contributed by atoms with Gasteiger partial charge in [-0.05, 0) is 44.2 Å². The van der Waals surface area contributed by atoms with E-state index in [1.807, 2.05) is 13.1 Å². The van der Waals surface area contributed by atoms with Crippen molar-refractivity contribution in [1.29, 1.82) is 5.41 Å². The van der Waals surface area contributed by atoms with Crippen molar-refractivity contribution in [3.8, 4) is 11.6 Å². The fraction of sp³-hybridized carbons (Fsp3) is 0.227. The maximum atomic E-state index is 12.9. The zero-order chi connectivity index (χ0) is 23.7. The second-order valence-corrected chi connectivity index (χ2v) is 7.82. The molecule has 170 valence electrons. The van der Waals surface area contributed by atoms with Crippen LogP contribution >= 0.6 is 11.6 Å². The van der Waals surface area contributed by atoms with E-state index in [0.717, 1.165) is 11.2 Å². The highest BCUT2D eigenvalue weighted by Crippen LogP contribution is 2.24. The molecule has 1 atom stereocenters. The molecule has 4 aromatic rings. The maximum Gasteiger partial charge on any atom is 0.238 e. The maximum absolute atomic E-state index is 12.9. The third-order valence-corrected chi connectivity index (χ3v) is 5.27. The van der Waals surface area contributed by atoms with Gasteiger partial charge >= 0.3 is 0 Å². The van der Waals surface area contributed by atoms with Gasteiger partial charge in [0, 0.05) is 23.7 Å². The quantitative estimate of drug-likeness (QED) is 0.185. The van der Waals surface area contributed by atoms with Crippen LogP contribution in [0.3, 0.4) is 0 Å². The van der Waals surface area contributed by atoms with Crippen molar-refractivity contribution in [2.45, 2.75) is 20.0 Å². The average Bonchev–Trinajstić information content (AvgIpc) is 3.38. The number of aryl methyl sites for hydroxylation is 2. The molecule has 0 amide bonds. The number of amidine groups is 1. The summed E-state index contributed by atoms with van der Waals surface area (Å²) in [5.74, 6) is -0.160. The summed E-state index contributed by atoms with van der Waals surface area (Å²) in [7, 11) is 3.25. The molecule has 0 spiro atoms. The van der Waals surface area contributed by atoms with Crippen LogP contribution in [-0.2, 0) is 11.9 Å². The molecular formula is C22H22ClN7O3. The van der Waals surface area contributed by atoms with Gasteiger partial charge in [-0.3, -0.25) is 19.7 Å². The molecule has 3 aromatic heterocycles. The first-order valence-corrected chi connectivity index (χ1v) is 10.4. The van der Waals surface area contributed by atoms with Crippen molar-refractivity contribution in [1.82, 2.24) is 29.8 Å². The van der Waals surface area contributed by atoms with Crippen LogP contribution in [0.1, 0.15) is 28.8 Å². The first-order chi connectivity index (χ1) is 15.8. The van der Waals surface area contributed by atoms with Gasteiger partial charge in [0.25, 0.3) is 0 Å². The van der Waals surface area contributed by atoms with Crippen LogP contribution < -0.4 is 10.2 Å². The fourth-order valence-corrected chi connectivity index (χ4v) is 3.51. The third kappa shape index (κ3) is 4.43. The number of hydroxylamine groups is 1. The molecule has 0 bridgehead atoms. The molecule has 33 heavy (non-hydrogen) atoms. The number of nitrogens with one attached hydrogen (secondary N) is 2. The Labute approximate surface area is 194 Å². The van der Waals surface area contributed by atoms with Crippen molar-refractivity contribution >= 4 is 34.1 Å². The van der Waals surface area contributed by atoms with Crippen molar-refractivity contribution in [3.63, 3.8) is 0 Å². The number of Topliss-reactive ketones (excluding diaryl/α,β-unsaturated/α-hetero) is 1. The number of carbonyl (C=O) groups is 1. The van der Waals surface area contributed by atoms with Gasteiger partial charge in [-0.2, -0.15) is 5.10 Å². The number of aromatic nitrogens is 5. The molecule has 0 aliphatic heterocycles. The van der Waals surface area contributed by atoms with Crippen molar-refractivity contribution in [2.75, 3.05) is 7.11 Å². The first kappa shape index (κ1) is 22.4. The molecule has 0 aliphatic rings. The Morgan fingerprint density at radius 1 is 1.27 bits per heavy atom. The lowest BCUT2D eigenvalue weighted by molar-refractivity contribution is 0.0219. The summed E-state index contributed by atoms with van der Waals surface area (Å²) < 4.78 is 8.77. The lowest BCUT2D eigenvalue weighted by Crippen LogP contribution is -2.33. The number of nitrogens with zero attached hydrogens (tertiary/aromatic N) is 5. The van der Waals surface area contributed by atoms with Gasteiger partial charge in [0.1, 0.15) is 23.2 Å². The molecule has 0 aliphatic carbocycles. The summed E-state index contributed by atoms with van der Waals surface area (Å²) in [5.41, 5.74) is 5.33. The molecule has 1 unspecified atom stereocenters. The molecule has 0 radical (unpaired) electrons. The van der Waals surface area contributed by atoms with E-state index in [0.29, 0.717) is 22.0 Å². The third-order valence-electron chi connectivity index (χ3n) is 5.03. The minimum atomic E-state index is -0.919. The number of halogens is 1.